The van der Waals surface area contributed by atoms with E-state index in [2.05, 4.69) is 34.2 Å². The fourth-order valence-corrected chi connectivity index (χ4v) is 2.39. The maximum absolute atomic E-state index is 5.97. The van der Waals surface area contributed by atoms with Crippen LogP contribution >= 0.6 is 0 Å². The number of aryl methyl sites for hydroxylation is 1. The molecule has 1 saturated carbocycles. The van der Waals surface area contributed by atoms with Crippen LogP contribution in [0, 0.1) is 13.8 Å². The molecule has 3 rings (SSSR count). The standard InChI is InChI=1S/C15H17N3/c1-10-11(2)17-14(18-13(10)16)15(8-9-15)12-6-4-3-5-7-12/h3-7H,8-9H2,1-2H3,(H2,16,17,18). The Hall–Kier alpha value is -1.90. The molecule has 2 aromatic rings. The molecule has 1 aromatic heterocycles. The lowest BCUT2D eigenvalue weighted by atomic mass is 9.95. The third kappa shape index (κ3) is 1.58. The number of nitrogens with two attached hydrogens (primary N) is 1. The minimum absolute atomic E-state index is 0.00778. The molecule has 0 bridgehead atoms. The maximum Gasteiger partial charge on any atom is 0.141 e. The Kier molecular flexibility index (Phi) is 2.37. The molecule has 0 saturated heterocycles. The van der Waals surface area contributed by atoms with Crippen molar-refractivity contribution in [1.82, 2.24) is 9.97 Å². The predicted molar refractivity (Wildman–Crippen MR) is 72.4 cm³/mol. The minimum Gasteiger partial charge on any atom is -0.383 e. The first-order valence-electron chi connectivity index (χ1n) is 6.30. The van der Waals surface area contributed by atoms with E-state index in [1.807, 2.05) is 19.9 Å². The van der Waals surface area contributed by atoms with Crippen molar-refractivity contribution in [1.29, 1.82) is 0 Å². The molecule has 3 heteroatoms. The number of hydrogen-bond donors (Lipinski definition) is 1. The van der Waals surface area contributed by atoms with Crippen LogP contribution in [-0.4, -0.2) is 9.97 Å². The molecular formula is C15H17N3. The van der Waals surface area contributed by atoms with Crippen LogP contribution in [0.15, 0.2) is 30.3 Å². The average Bonchev–Trinajstić information content (AvgIpc) is 3.18. The number of rotatable bonds is 2. The summed E-state index contributed by atoms with van der Waals surface area (Å²) in [6.07, 6.45) is 2.22. The number of anilines is 1. The van der Waals surface area contributed by atoms with Gasteiger partial charge < -0.3 is 5.73 Å². The van der Waals surface area contributed by atoms with Crippen LogP contribution in [0.5, 0.6) is 0 Å². The molecule has 18 heavy (non-hydrogen) atoms. The highest BCUT2D eigenvalue weighted by atomic mass is 15.0. The summed E-state index contributed by atoms with van der Waals surface area (Å²) in [7, 11) is 0. The van der Waals surface area contributed by atoms with Crippen LogP contribution in [0.4, 0.5) is 5.82 Å². The summed E-state index contributed by atoms with van der Waals surface area (Å²) in [4.78, 5) is 9.16. The van der Waals surface area contributed by atoms with Gasteiger partial charge in [-0.2, -0.15) is 0 Å². The monoisotopic (exact) mass is 239 g/mol. The molecule has 0 unspecified atom stereocenters. The van der Waals surface area contributed by atoms with Gasteiger partial charge in [0.25, 0.3) is 0 Å². The van der Waals surface area contributed by atoms with Gasteiger partial charge in [-0.1, -0.05) is 30.3 Å². The Balaban J connectivity index is 2.11. The molecule has 1 aliphatic carbocycles. The molecule has 3 nitrogen and oxygen atoms in total. The summed E-state index contributed by atoms with van der Waals surface area (Å²) in [5, 5.41) is 0. The van der Waals surface area contributed by atoms with Gasteiger partial charge in [-0.25, -0.2) is 9.97 Å². The SMILES string of the molecule is Cc1nc(C2(c3ccccc3)CC2)nc(N)c1C. The Bertz CT molecular complexity index is 563. The van der Waals surface area contributed by atoms with E-state index in [4.69, 9.17) is 5.73 Å². The van der Waals surface area contributed by atoms with E-state index in [-0.39, 0.29) is 5.41 Å². The predicted octanol–water partition coefficient (Wildman–Crippen LogP) is 2.76. The maximum atomic E-state index is 5.97. The van der Waals surface area contributed by atoms with Crippen molar-refractivity contribution in [2.45, 2.75) is 32.1 Å². The molecule has 92 valence electrons. The number of benzene rings is 1. The average molecular weight is 239 g/mol. The molecule has 1 aliphatic rings. The third-order valence-electron chi connectivity index (χ3n) is 3.93. The molecular weight excluding hydrogens is 222 g/mol. The Morgan fingerprint density at radius 1 is 1.06 bits per heavy atom. The van der Waals surface area contributed by atoms with E-state index >= 15 is 0 Å². The van der Waals surface area contributed by atoms with E-state index in [9.17, 15) is 0 Å². The second kappa shape index (κ2) is 3.80. The van der Waals surface area contributed by atoms with Crippen molar-refractivity contribution in [2.24, 2.45) is 0 Å². The Morgan fingerprint density at radius 3 is 2.28 bits per heavy atom. The molecule has 1 fully saturated rings. The van der Waals surface area contributed by atoms with Gasteiger partial charge in [0.15, 0.2) is 0 Å². The third-order valence-corrected chi connectivity index (χ3v) is 3.93. The topological polar surface area (TPSA) is 51.8 Å². The van der Waals surface area contributed by atoms with E-state index in [0.29, 0.717) is 5.82 Å². The van der Waals surface area contributed by atoms with Gasteiger partial charge in [0.1, 0.15) is 11.6 Å². The normalized spacial score (nSPS) is 16.6. The van der Waals surface area contributed by atoms with E-state index in [0.717, 1.165) is 29.9 Å². The van der Waals surface area contributed by atoms with Crippen molar-refractivity contribution >= 4 is 5.82 Å². The lowest BCUT2D eigenvalue weighted by molar-refractivity contribution is 0.747. The first-order valence-corrected chi connectivity index (χ1v) is 6.30. The van der Waals surface area contributed by atoms with Gasteiger partial charge in [-0.05, 0) is 32.3 Å². The van der Waals surface area contributed by atoms with Crippen LogP contribution in [0.1, 0.15) is 35.5 Å². The van der Waals surface area contributed by atoms with Gasteiger partial charge in [0.05, 0.1) is 5.41 Å². The van der Waals surface area contributed by atoms with E-state index in [1.165, 1.54) is 5.56 Å². The highest BCUT2D eigenvalue weighted by Gasteiger charge is 2.48. The summed E-state index contributed by atoms with van der Waals surface area (Å²) >= 11 is 0. The van der Waals surface area contributed by atoms with Crippen molar-refractivity contribution in [3.63, 3.8) is 0 Å². The van der Waals surface area contributed by atoms with Crippen LogP contribution in [0.25, 0.3) is 0 Å². The van der Waals surface area contributed by atoms with Crippen molar-refractivity contribution in [3.05, 3.63) is 53.0 Å². The quantitative estimate of drug-likeness (QED) is 0.876. The Morgan fingerprint density at radius 2 is 1.72 bits per heavy atom. The van der Waals surface area contributed by atoms with Crippen LogP contribution in [-0.2, 0) is 5.41 Å². The second-order valence-electron chi connectivity index (χ2n) is 5.09. The zero-order chi connectivity index (χ0) is 12.8. The molecule has 0 spiro atoms. The van der Waals surface area contributed by atoms with Crippen LogP contribution in [0.3, 0.4) is 0 Å². The van der Waals surface area contributed by atoms with E-state index in [1.54, 1.807) is 0 Å². The van der Waals surface area contributed by atoms with Gasteiger partial charge in [-0.3, -0.25) is 0 Å². The Labute approximate surface area is 107 Å². The molecule has 1 aromatic carbocycles. The summed E-state index contributed by atoms with van der Waals surface area (Å²) in [6, 6.07) is 10.5. The zero-order valence-corrected chi connectivity index (χ0v) is 10.8. The fraction of sp³-hybridized carbons (Fsp3) is 0.333. The number of nitrogens with zero attached hydrogens (tertiary/aromatic N) is 2. The number of aromatic nitrogens is 2. The first kappa shape index (κ1) is 11.2. The lowest BCUT2D eigenvalue weighted by Gasteiger charge is -2.16. The molecule has 0 atom stereocenters. The van der Waals surface area contributed by atoms with E-state index < -0.39 is 0 Å². The molecule has 2 N–H and O–H groups in total. The summed E-state index contributed by atoms with van der Waals surface area (Å²) in [5.74, 6) is 1.49. The largest absolute Gasteiger partial charge is 0.383 e. The highest BCUT2D eigenvalue weighted by Crippen LogP contribution is 2.52. The summed E-state index contributed by atoms with van der Waals surface area (Å²) < 4.78 is 0. The fourth-order valence-electron chi connectivity index (χ4n) is 2.39. The summed E-state index contributed by atoms with van der Waals surface area (Å²) in [5.41, 5.74) is 9.25. The van der Waals surface area contributed by atoms with Crippen LogP contribution < -0.4 is 5.73 Å². The molecule has 1 heterocycles. The van der Waals surface area contributed by atoms with Crippen molar-refractivity contribution in [2.75, 3.05) is 5.73 Å². The zero-order valence-electron chi connectivity index (χ0n) is 10.8. The van der Waals surface area contributed by atoms with Gasteiger partial charge in [0, 0.05) is 11.3 Å². The summed E-state index contributed by atoms with van der Waals surface area (Å²) in [6.45, 7) is 3.97. The number of nitrogen functional groups attached to an aromatic ring is 1. The van der Waals surface area contributed by atoms with Crippen LogP contribution in [0.2, 0.25) is 0 Å². The lowest BCUT2D eigenvalue weighted by Crippen LogP contribution is -2.16. The number of hydrogen-bond acceptors (Lipinski definition) is 3. The van der Waals surface area contributed by atoms with Crippen molar-refractivity contribution < 1.29 is 0 Å². The molecule has 0 radical (unpaired) electrons. The molecule has 0 aliphatic heterocycles. The molecule has 0 amide bonds. The smallest absolute Gasteiger partial charge is 0.141 e. The first-order chi connectivity index (χ1) is 8.63. The van der Waals surface area contributed by atoms with Gasteiger partial charge in [0.2, 0.25) is 0 Å². The minimum atomic E-state index is 0.00778. The second-order valence-corrected chi connectivity index (χ2v) is 5.09. The van der Waals surface area contributed by atoms with Gasteiger partial charge in [-0.15, -0.1) is 0 Å². The van der Waals surface area contributed by atoms with Crippen molar-refractivity contribution in [3.8, 4) is 0 Å². The highest BCUT2D eigenvalue weighted by molar-refractivity contribution is 5.46. The van der Waals surface area contributed by atoms with Gasteiger partial charge >= 0.3 is 0 Å².